The average molecular weight is 486 g/mol. The number of methoxy groups -OCH3 is 1. The molecular formula is C29H31N3O4. The van der Waals surface area contributed by atoms with Crippen LogP contribution in [-0.2, 0) is 24.3 Å². The van der Waals surface area contributed by atoms with Gasteiger partial charge in [-0.1, -0.05) is 31.2 Å². The first-order valence-electron chi connectivity index (χ1n) is 12.1. The molecule has 0 aliphatic heterocycles. The van der Waals surface area contributed by atoms with E-state index in [9.17, 15) is 9.59 Å². The van der Waals surface area contributed by atoms with Crippen LogP contribution in [0.15, 0.2) is 77.6 Å². The first-order chi connectivity index (χ1) is 17.5. The lowest BCUT2D eigenvalue weighted by Crippen LogP contribution is -2.30. The Morgan fingerprint density at radius 3 is 2.47 bits per heavy atom. The Kier molecular flexibility index (Phi) is 7.90. The van der Waals surface area contributed by atoms with Crippen LogP contribution < -0.4 is 25.7 Å². The Hall–Kier alpha value is -4.26. The summed E-state index contributed by atoms with van der Waals surface area (Å²) in [6.45, 7) is 4.66. The van der Waals surface area contributed by atoms with Crippen LogP contribution in [0.25, 0.3) is 10.9 Å². The van der Waals surface area contributed by atoms with E-state index in [1.54, 1.807) is 25.3 Å². The second-order valence-corrected chi connectivity index (χ2v) is 8.37. The van der Waals surface area contributed by atoms with Gasteiger partial charge in [-0.2, -0.15) is 0 Å². The summed E-state index contributed by atoms with van der Waals surface area (Å²) in [6.07, 6.45) is 0.968. The summed E-state index contributed by atoms with van der Waals surface area (Å²) < 4.78 is 12.5. The zero-order chi connectivity index (χ0) is 25.5. The molecule has 0 aliphatic rings. The molecule has 4 aromatic rings. The number of pyridine rings is 1. The number of fused-ring (bicyclic) bond motifs is 1. The zero-order valence-electron chi connectivity index (χ0n) is 20.8. The molecule has 0 spiro atoms. The Balaban J connectivity index is 1.65. The SMILES string of the molecule is CCOc1ccccc1NC(=O)Cn1c(=O)c(CNc2ccc(CC)cc2)cc2ccc(OC)cc21. The normalized spacial score (nSPS) is 10.8. The van der Waals surface area contributed by atoms with Gasteiger partial charge >= 0.3 is 0 Å². The van der Waals surface area contributed by atoms with Crippen LogP contribution in [0.1, 0.15) is 25.0 Å². The highest BCUT2D eigenvalue weighted by Crippen LogP contribution is 2.24. The molecular weight excluding hydrogens is 454 g/mol. The van der Waals surface area contributed by atoms with E-state index in [4.69, 9.17) is 9.47 Å². The Morgan fingerprint density at radius 2 is 1.75 bits per heavy atom. The molecule has 3 aromatic carbocycles. The number of carbonyl (C=O) groups is 1. The second kappa shape index (κ2) is 11.4. The van der Waals surface area contributed by atoms with Gasteiger partial charge in [0.2, 0.25) is 5.91 Å². The summed E-state index contributed by atoms with van der Waals surface area (Å²) in [6, 6.07) is 22.8. The number of rotatable bonds is 10. The lowest BCUT2D eigenvalue weighted by molar-refractivity contribution is -0.116. The van der Waals surface area contributed by atoms with E-state index in [-0.39, 0.29) is 18.0 Å². The van der Waals surface area contributed by atoms with Crippen molar-refractivity contribution < 1.29 is 14.3 Å². The Bertz CT molecular complexity index is 1410. The fourth-order valence-electron chi connectivity index (χ4n) is 4.06. The summed E-state index contributed by atoms with van der Waals surface area (Å²) in [7, 11) is 1.57. The highest BCUT2D eigenvalue weighted by molar-refractivity contribution is 5.93. The molecule has 1 aromatic heterocycles. The molecule has 1 heterocycles. The van der Waals surface area contributed by atoms with Crippen LogP contribution in [0.4, 0.5) is 11.4 Å². The largest absolute Gasteiger partial charge is 0.497 e. The zero-order valence-corrected chi connectivity index (χ0v) is 20.8. The minimum Gasteiger partial charge on any atom is -0.497 e. The first kappa shape index (κ1) is 24.9. The van der Waals surface area contributed by atoms with E-state index < -0.39 is 0 Å². The quantitative estimate of drug-likeness (QED) is 0.322. The molecule has 186 valence electrons. The number of anilines is 2. The molecule has 0 unspecified atom stereocenters. The van der Waals surface area contributed by atoms with Crippen molar-refractivity contribution in [3.8, 4) is 11.5 Å². The van der Waals surface area contributed by atoms with E-state index in [1.165, 1.54) is 10.1 Å². The third-order valence-electron chi connectivity index (χ3n) is 5.99. The molecule has 0 bridgehead atoms. The first-order valence-corrected chi connectivity index (χ1v) is 12.1. The van der Waals surface area contributed by atoms with E-state index in [0.29, 0.717) is 41.4 Å². The third-order valence-corrected chi connectivity index (χ3v) is 5.99. The van der Waals surface area contributed by atoms with Gasteiger partial charge in [-0.05, 0) is 66.8 Å². The van der Waals surface area contributed by atoms with Gasteiger partial charge in [0.05, 0.1) is 24.9 Å². The van der Waals surface area contributed by atoms with Crippen LogP contribution in [0.2, 0.25) is 0 Å². The smallest absolute Gasteiger partial charge is 0.256 e. The van der Waals surface area contributed by atoms with Gasteiger partial charge in [0.15, 0.2) is 0 Å². The van der Waals surface area contributed by atoms with Crippen molar-refractivity contribution in [3.05, 3.63) is 94.3 Å². The van der Waals surface area contributed by atoms with Crippen LogP contribution in [-0.4, -0.2) is 24.2 Å². The summed E-state index contributed by atoms with van der Waals surface area (Å²) in [4.78, 5) is 26.6. The predicted octanol–water partition coefficient (Wildman–Crippen LogP) is 5.22. The van der Waals surface area contributed by atoms with Crippen LogP contribution in [0.3, 0.4) is 0 Å². The topological polar surface area (TPSA) is 81.6 Å². The van der Waals surface area contributed by atoms with Gasteiger partial charge < -0.3 is 20.1 Å². The van der Waals surface area contributed by atoms with Crippen molar-refractivity contribution in [1.82, 2.24) is 4.57 Å². The second-order valence-electron chi connectivity index (χ2n) is 8.37. The van der Waals surface area contributed by atoms with Crippen molar-refractivity contribution in [2.45, 2.75) is 33.4 Å². The van der Waals surface area contributed by atoms with Gasteiger partial charge in [0.1, 0.15) is 18.0 Å². The molecule has 4 rings (SSSR count). The molecule has 0 saturated carbocycles. The summed E-state index contributed by atoms with van der Waals surface area (Å²) in [5, 5.41) is 7.05. The standard InChI is InChI=1S/C29H31N3O4/c1-4-20-10-13-23(14-11-20)30-18-22-16-21-12-15-24(35-3)17-26(21)32(29(22)34)19-28(33)31-25-8-6-7-9-27(25)36-5-2/h6-17,30H,4-5,18-19H2,1-3H3,(H,31,33). The molecule has 0 saturated heterocycles. The van der Waals surface area contributed by atoms with Crippen LogP contribution in [0, 0.1) is 0 Å². The summed E-state index contributed by atoms with van der Waals surface area (Å²) >= 11 is 0. The molecule has 0 radical (unpaired) electrons. The summed E-state index contributed by atoms with van der Waals surface area (Å²) in [5.41, 5.74) is 3.70. The number of aromatic nitrogens is 1. The number of carbonyl (C=O) groups excluding carboxylic acids is 1. The van der Waals surface area contributed by atoms with Gasteiger partial charge in [-0.3, -0.25) is 14.2 Å². The number of nitrogens with zero attached hydrogens (tertiary/aromatic N) is 1. The summed E-state index contributed by atoms with van der Waals surface area (Å²) in [5.74, 6) is 0.868. The van der Waals surface area contributed by atoms with Gasteiger partial charge in [-0.25, -0.2) is 0 Å². The number of benzene rings is 3. The predicted molar refractivity (Wildman–Crippen MR) is 144 cm³/mol. The lowest BCUT2D eigenvalue weighted by Gasteiger charge is -2.16. The van der Waals surface area contributed by atoms with Crippen LogP contribution in [0.5, 0.6) is 11.5 Å². The number of nitrogens with one attached hydrogen (secondary N) is 2. The monoisotopic (exact) mass is 485 g/mol. The molecule has 0 aliphatic carbocycles. The highest BCUT2D eigenvalue weighted by atomic mass is 16.5. The number of ether oxygens (including phenoxy) is 2. The van der Waals surface area contributed by atoms with Crippen molar-refractivity contribution in [2.75, 3.05) is 24.4 Å². The number of amides is 1. The molecule has 36 heavy (non-hydrogen) atoms. The van der Waals surface area contributed by atoms with Gasteiger partial charge in [0, 0.05) is 23.9 Å². The molecule has 1 amide bonds. The number of para-hydroxylation sites is 2. The molecule has 0 fully saturated rings. The van der Waals surface area contributed by atoms with E-state index in [1.807, 2.05) is 49.4 Å². The lowest BCUT2D eigenvalue weighted by atomic mass is 10.1. The number of hydrogen-bond donors (Lipinski definition) is 2. The fourth-order valence-corrected chi connectivity index (χ4v) is 4.06. The number of aryl methyl sites for hydroxylation is 1. The fraction of sp³-hybridized carbons (Fsp3) is 0.241. The maximum atomic E-state index is 13.5. The highest BCUT2D eigenvalue weighted by Gasteiger charge is 2.15. The molecule has 7 heteroatoms. The molecule has 0 atom stereocenters. The van der Waals surface area contributed by atoms with Gasteiger partial charge in [0.25, 0.3) is 5.56 Å². The number of hydrogen-bond acceptors (Lipinski definition) is 5. The van der Waals surface area contributed by atoms with Gasteiger partial charge in [-0.15, -0.1) is 0 Å². The van der Waals surface area contributed by atoms with Crippen molar-refractivity contribution in [1.29, 1.82) is 0 Å². The Labute approximate surface area is 210 Å². The third kappa shape index (κ3) is 5.68. The maximum Gasteiger partial charge on any atom is 0.256 e. The van der Waals surface area contributed by atoms with E-state index >= 15 is 0 Å². The molecule has 7 nitrogen and oxygen atoms in total. The minimum atomic E-state index is -0.325. The van der Waals surface area contributed by atoms with Crippen LogP contribution >= 0.6 is 0 Å². The van der Waals surface area contributed by atoms with Crippen molar-refractivity contribution in [2.24, 2.45) is 0 Å². The molecule has 2 N–H and O–H groups in total. The van der Waals surface area contributed by atoms with Crippen molar-refractivity contribution in [3.63, 3.8) is 0 Å². The Morgan fingerprint density at radius 1 is 0.972 bits per heavy atom. The minimum absolute atomic E-state index is 0.151. The van der Waals surface area contributed by atoms with E-state index in [0.717, 1.165) is 17.5 Å². The maximum absolute atomic E-state index is 13.5. The van der Waals surface area contributed by atoms with E-state index in [2.05, 4.69) is 29.7 Å². The average Bonchev–Trinajstić information content (AvgIpc) is 2.90. The van der Waals surface area contributed by atoms with Crippen molar-refractivity contribution >= 4 is 28.2 Å².